The highest BCUT2D eigenvalue weighted by atomic mass is 16.2. The zero-order chi connectivity index (χ0) is 13.4. The van der Waals surface area contributed by atoms with Crippen molar-refractivity contribution < 1.29 is 4.79 Å². The Balaban J connectivity index is 1.92. The van der Waals surface area contributed by atoms with Crippen LogP contribution in [0.3, 0.4) is 0 Å². The number of hydrogen-bond donors (Lipinski definition) is 2. The molecular weight excluding hydrogens is 226 g/mol. The number of likely N-dealkylation sites (N-methyl/N-ethyl adjacent to an activating group) is 1. The van der Waals surface area contributed by atoms with Crippen LogP contribution >= 0.6 is 0 Å². The molecule has 0 spiro atoms. The van der Waals surface area contributed by atoms with E-state index in [0.717, 1.165) is 25.8 Å². The molecule has 4 nitrogen and oxygen atoms in total. The Kier molecular flexibility index (Phi) is 3.70. The molecule has 2 rings (SSSR count). The average Bonchev–Trinajstić information content (AvgIpc) is 2.58. The number of hydrogen-bond acceptors (Lipinski definition) is 3. The van der Waals surface area contributed by atoms with Gasteiger partial charge in [-0.25, -0.2) is 0 Å². The topological polar surface area (TPSA) is 58.4 Å². The Morgan fingerprint density at radius 2 is 2.00 bits per heavy atom. The third-order valence-corrected chi connectivity index (χ3v) is 5.36. The molecule has 0 bridgehead atoms. The molecule has 0 aromatic rings. The maximum Gasteiger partial charge on any atom is 0.227 e. The lowest BCUT2D eigenvalue weighted by Crippen LogP contribution is -2.59. The fourth-order valence-electron chi connectivity index (χ4n) is 3.29. The van der Waals surface area contributed by atoms with Crippen LogP contribution in [0.1, 0.15) is 45.4 Å². The van der Waals surface area contributed by atoms with Gasteiger partial charge in [-0.3, -0.25) is 4.79 Å². The molecule has 2 saturated carbocycles. The first-order chi connectivity index (χ1) is 8.41. The molecule has 2 atom stereocenters. The lowest BCUT2D eigenvalue weighted by atomic mass is 9.75. The van der Waals surface area contributed by atoms with Gasteiger partial charge in [0, 0.05) is 18.1 Å². The van der Waals surface area contributed by atoms with Crippen molar-refractivity contribution in [1.82, 2.24) is 10.2 Å². The summed E-state index contributed by atoms with van der Waals surface area (Å²) in [5, 5.41) is 3.16. The van der Waals surface area contributed by atoms with Crippen molar-refractivity contribution in [2.24, 2.45) is 11.1 Å². The monoisotopic (exact) mass is 253 g/mol. The van der Waals surface area contributed by atoms with E-state index in [1.165, 1.54) is 19.3 Å². The summed E-state index contributed by atoms with van der Waals surface area (Å²) in [5.41, 5.74) is 5.93. The first kappa shape index (κ1) is 13.8. The molecule has 0 heterocycles. The van der Waals surface area contributed by atoms with Crippen LogP contribution in [-0.4, -0.2) is 43.0 Å². The number of nitrogens with zero attached hydrogens (tertiary/aromatic N) is 1. The first-order valence-electron chi connectivity index (χ1n) is 7.12. The number of nitrogens with one attached hydrogen (secondary N) is 1. The van der Waals surface area contributed by atoms with Crippen molar-refractivity contribution in [1.29, 1.82) is 0 Å². The number of rotatable bonds is 4. The number of nitrogens with two attached hydrogens (primary N) is 1. The van der Waals surface area contributed by atoms with E-state index in [4.69, 9.17) is 5.73 Å². The maximum absolute atomic E-state index is 12.4. The van der Waals surface area contributed by atoms with Crippen molar-refractivity contribution in [2.75, 3.05) is 20.6 Å². The zero-order valence-corrected chi connectivity index (χ0v) is 12.0. The van der Waals surface area contributed by atoms with Gasteiger partial charge in [0.05, 0.1) is 5.41 Å². The third-order valence-electron chi connectivity index (χ3n) is 5.36. The quantitative estimate of drug-likeness (QED) is 0.789. The Morgan fingerprint density at radius 3 is 2.39 bits per heavy atom. The Bertz CT molecular complexity index is 325. The van der Waals surface area contributed by atoms with Crippen molar-refractivity contribution in [2.45, 2.75) is 57.0 Å². The van der Waals surface area contributed by atoms with Crippen LogP contribution < -0.4 is 11.1 Å². The van der Waals surface area contributed by atoms with Gasteiger partial charge in [-0.15, -0.1) is 0 Å². The molecule has 3 N–H and O–H groups in total. The van der Waals surface area contributed by atoms with E-state index < -0.39 is 0 Å². The molecule has 4 heteroatoms. The van der Waals surface area contributed by atoms with Crippen LogP contribution in [0.25, 0.3) is 0 Å². The molecule has 0 aromatic carbocycles. The maximum atomic E-state index is 12.4. The molecule has 2 unspecified atom stereocenters. The van der Waals surface area contributed by atoms with E-state index in [-0.39, 0.29) is 22.9 Å². The van der Waals surface area contributed by atoms with E-state index in [0.29, 0.717) is 0 Å². The van der Waals surface area contributed by atoms with E-state index in [1.807, 2.05) is 6.92 Å². The lowest BCUT2D eigenvalue weighted by molar-refractivity contribution is -0.131. The summed E-state index contributed by atoms with van der Waals surface area (Å²) >= 11 is 0. The molecule has 104 valence electrons. The van der Waals surface area contributed by atoms with Gasteiger partial charge in [0.25, 0.3) is 0 Å². The molecule has 1 amide bonds. The van der Waals surface area contributed by atoms with Gasteiger partial charge in [-0.2, -0.15) is 0 Å². The minimum absolute atomic E-state index is 0.0224. The molecule has 2 fully saturated rings. The second kappa shape index (κ2) is 4.82. The molecule has 18 heavy (non-hydrogen) atoms. The average molecular weight is 253 g/mol. The van der Waals surface area contributed by atoms with Crippen LogP contribution in [0, 0.1) is 5.41 Å². The molecule has 0 radical (unpaired) electrons. The van der Waals surface area contributed by atoms with E-state index in [1.54, 1.807) is 0 Å². The number of amides is 1. The second-order valence-corrected chi connectivity index (χ2v) is 6.57. The highest BCUT2D eigenvalue weighted by Crippen LogP contribution is 2.38. The summed E-state index contributed by atoms with van der Waals surface area (Å²) in [6.07, 6.45) is 6.61. The Morgan fingerprint density at radius 1 is 1.33 bits per heavy atom. The van der Waals surface area contributed by atoms with E-state index in [2.05, 4.69) is 24.3 Å². The van der Waals surface area contributed by atoms with Crippen molar-refractivity contribution in [3.05, 3.63) is 0 Å². The van der Waals surface area contributed by atoms with Gasteiger partial charge in [0.1, 0.15) is 0 Å². The van der Waals surface area contributed by atoms with E-state index >= 15 is 0 Å². The Labute approximate surface area is 110 Å². The largest absolute Gasteiger partial charge is 0.354 e. The minimum Gasteiger partial charge on any atom is -0.354 e. The minimum atomic E-state index is -0.350. The normalized spacial score (nSPS) is 34.4. The fraction of sp³-hybridized carbons (Fsp3) is 0.929. The van der Waals surface area contributed by atoms with Gasteiger partial charge in [0.2, 0.25) is 5.91 Å². The van der Waals surface area contributed by atoms with Crippen LogP contribution in [0.4, 0.5) is 0 Å². The molecule has 0 saturated heterocycles. The summed E-state index contributed by atoms with van der Waals surface area (Å²) in [5.74, 6) is 0.153. The molecule has 2 aliphatic carbocycles. The van der Waals surface area contributed by atoms with Crippen molar-refractivity contribution in [3.63, 3.8) is 0 Å². The SMILES string of the molecule is CN(C)C1(CNC(=O)C2(C)CCCC2N)CCC1. The predicted octanol–water partition coefficient (Wildman–Crippen LogP) is 1.10. The van der Waals surface area contributed by atoms with Crippen LogP contribution in [0.15, 0.2) is 0 Å². The standard InChI is InChI=1S/C14H27N3O/c1-13(7-4-6-11(13)15)12(18)16-10-14(17(2)3)8-5-9-14/h11H,4-10,15H2,1-3H3,(H,16,18). The van der Waals surface area contributed by atoms with Gasteiger partial charge in [0.15, 0.2) is 0 Å². The van der Waals surface area contributed by atoms with Crippen LogP contribution in [-0.2, 0) is 4.79 Å². The fourth-order valence-corrected chi connectivity index (χ4v) is 3.29. The summed E-state index contributed by atoms with van der Waals surface area (Å²) in [4.78, 5) is 14.6. The Hall–Kier alpha value is -0.610. The van der Waals surface area contributed by atoms with Gasteiger partial charge < -0.3 is 16.0 Å². The summed E-state index contributed by atoms with van der Waals surface area (Å²) < 4.78 is 0. The second-order valence-electron chi connectivity index (χ2n) is 6.57. The third kappa shape index (κ3) is 2.16. The van der Waals surface area contributed by atoms with Gasteiger partial charge in [-0.05, 0) is 53.1 Å². The summed E-state index contributed by atoms with van der Waals surface area (Å²) in [6.45, 7) is 2.78. The molecule has 0 aromatic heterocycles. The predicted molar refractivity (Wildman–Crippen MR) is 73.2 cm³/mol. The highest BCUT2D eigenvalue weighted by molar-refractivity contribution is 5.83. The van der Waals surface area contributed by atoms with Crippen LogP contribution in [0.5, 0.6) is 0 Å². The summed E-state index contributed by atoms with van der Waals surface area (Å²) in [6, 6.07) is 0.0224. The summed E-state index contributed by atoms with van der Waals surface area (Å²) in [7, 11) is 4.21. The van der Waals surface area contributed by atoms with Gasteiger partial charge >= 0.3 is 0 Å². The smallest absolute Gasteiger partial charge is 0.227 e. The first-order valence-corrected chi connectivity index (χ1v) is 7.12. The van der Waals surface area contributed by atoms with E-state index in [9.17, 15) is 4.79 Å². The lowest BCUT2D eigenvalue weighted by Gasteiger charge is -2.47. The molecule has 0 aliphatic heterocycles. The van der Waals surface area contributed by atoms with Crippen molar-refractivity contribution in [3.8, 4) is 0 Å². The highest BCUT2D eigenvalue weighted by Gasteiger charge is 2.45. The van der Waals surface area contributed by atoms with Crippen molar-refractivity contribution >= 4 is 5.91 Å². The number of carbonyl (C=O) groups is 1. The van der Waals surface area contributed by atoms with Crippen LogP contribution in [0.2, 0.25) is 0 Å². The number of carbonyl (C=O) groups excluding carboxylic acids is 1. The molecular formula is C14H27N3O. The molecule has 2 aliphatic rings. The van der Waals surface area contributed by atoms with Gasteiger partial charge in [-0.1, -0.05) is 6.42 Å². The zero-order valence-electron chi connectivity index (χ0n) is 12.0.